The van der Waals surface area contributed by atoms with Crippen LogP contribution in [-0.4, -0.2) is 4.98 Å². The second-order valence-corrected chi connectivity index (χ2v) is 7.74. The molecule has 0 N–H and O–H groups in total. The van der Waals surface area contributed by atoms with E-state index in [1.165, 1.54) is 44.5 Å². The molecular formula is C25H16BrCl2NSZr-2. The van der Waals surface area contributed by atoms with Crippen LogP contribution in [0.5, 0.6) is 0 Å². The Bertz CT molecular complexity index is 1140. The van der Waals surface area contributed by atoms with Gasteiger partial charge in [-0.25, -0.2) is 0 Å². The van der Waals surface area contributed by atoms with Crippen LogP contribution in [0, 0.1) is 12.1 Å². The minimum absolute atomic E-state index is 0. The summed E-state index contributed by atoms with van der Waals surface area (Å²) in [4.78, 5) is 4.15. The number of nitrogens with zero attached hydrogens (tertiary/aromatic N) is 1. The summed E-state index contributed by atoms with van der Waals surface area (Å²) < 4.78 is 1.09. The third-order valence-corrected chi connectivity index (χ3v) is 5.62. The van der Waals surface area contributed by atoms with E-state index in [9.17, 15) is 0 Å². The molecule has 2 aliphatic carbocycles. The zero-order valence-corrected chi connectivity index (χ0v) is 22.7. The largest absolute Gasteiger partial charge is 0.179 e. The summed E-state index contributed by atoms with van der Waals surface area (Å²) in [5.74, 6) is 0. The fraction of sp³-hybridized carbons (Fsp3) is 0.0800. The van der Waals surface area contributed by atoms with E-state index in [4.69, 9.17) is 0 Å². The third-order valence-electron chi connectivity index (χ3n) is 5.17. The molecule has 0 amide bonds. The Morgan fingerprint density at radius 3 is 2.42 bits per heavy atom. The molecule has 6 rings (SSSR count). The van der Waals surface area contributed by atoms with E-state index in [1.807, 2.05) is 24.5 Å². The van der Waals surface area contributed by atoms with Gasteiger partial charge >= 0.3 is 31.5 Å². The topological polar surface area (TPSA) is 12.9 Å². The Balaban J connectivity index is 0.000000193. The maximum absolute atomic E-state index is 4.17. The summed E-state index contributed by atoms with van der Waals surface area (Å²) in [5, 5.41) is 0. The van der Waals surface area contributed by atoms with Crippen molar-refractivity contribution in [3.8, 4) is 22.3 Å². The first-order chi connectivity index (χ1) is 14.3. The summed E-state index contributed by atoms with van der Waals surface area (Å²) >= 11 is 4.60. The molecule has 0 unspecified atom stereocenters. The summed E-state index contributed by atoms with van der Waals surface area (Å²) in [7, 11) is 4.17. The third kappa shape index (κ3) is 5.67. The van der Waals surface area contributed by atoms with Crippen molar-refractivity contribution in [2.24, 2.45) is 0 Å². The van der Waals surface area contributed by atoms with Crippen molar-refractivity contribution >= 4 is 24.8 Å². The molecule has 154 valence electrons. The smallest absolute Gasteiger partial charge is 0.0253 e. The molecule has 0 bridgehead atoms. The molecule has 1 aromatic heterocycles. The predicted octanol–water partition coefficient (Wildman–Crippen LogP) is 0.927. The van der Waals surface area contributed by atoms with Crippen molar-refractivity contribution in [3.63, 3.8) is 0 Å². The van der Waals surface area contributed by atoms with E-state index < -0.39 is 0 Å². The first kappa shape index (κ1) is 26.2. The Morgan fingerprint density at radius 2 is 1.58 bits per heavy atom. The van der Waals surface area contributed by atoms with E-state index in [0.29, 0.717) is 0 Å². The Hall–Kier alpha value is -1.03. The first-order valence-electron chi connectivity index (χ1n) is 9.21. The standard InChI is InChI=1S/C13H9.C12H7BrN.2ClH.S.Zr/c1-3-7-12-10(5-1)9-11-6-2-4-8-13(11)12;13-10-1-2-11-9(6-10)5-8-3-4-14-7-12(8)11;;;;/h1-5,7-8H,9H2;1,3-4,6-7H,5H2;2*1H;;/q2*-1;;;;+2/p-2. The normalized spacial score (nSPS) is 10.9. The van der Waals surface area contributed by atoms with Gasteiger partial charge in [-0.2, -0.15) is 29.8 Å². The van der Waals surface area contributed by atoms with Crippen LogP contribution in [0.2, 0.25) is 0 Å². The molecule has 31 heavy (non-hydrogen) atoms. The fourth-order valence-corrected chi connectivity index (χ4v) is 4.30. The second kappa shape index (κ2) is 12.3. The second-order valence-electron chi connectivity index (χ2n) is 6.82. The van der Waals surface area contributed by atoms with Gasteiger partial charge in [-0.15, -0.1) is 50.8 Å². The average molecular weight is 605 g/mol. The zero-order chi connectivity index (χ0) is 20.2. The molecule has 0 aliphatic heterocycles. The number of hydrogen-bond acceptors (Lipinski definition) is 2. The van der Waals surface area contributed by atoms with Crippen LogP contribution in [0.3, 0.4) is 0 Å². The van der Waals surface area contributed by atoms with Gasteiger partial charge in [0.25, 0.3) is 0 Å². The maximum Gasteiger partial charge on any atom is -0.0253 e. The number of halogens is 3. The van der Waals surface area contributed by atoms with Crippen LogP contribution in [0.4, 0.5) is 0 Å². The molecule has 2 aliphatic rings. The molecule has 0 saturated carbocycles. The predicted molar refractivity (Wildman–Crippen MR) is 120 cm³/mol. The molecule has 6 heteroatoms. The van der Waals surface area contributed by atoms with Crippen LogP contribution in [0.15, 0.2) is 77.5 Å². The molecular weight excluding hydrogens is 588 g/mol. The van der Waals surface area contributed by atoms with Gasteiger partial charge in [-0.1, -0.05) is 51.0 Å². The molecule has 4 aromatic rings. The minimum atomic E-state index is 0. The quantitative estimate of drug-likeness (QED) is 0.240. The Labute approximate surface area is 222 Å². The molecule has 0 atom stereocenters. The van der Waals surface area contributed by atoms with Gasteiger partial charge in [-0.3, -0.25) is 4.98 Å². The molecule has 0 fully saturated rings. The summed E-state index contributed by atoms with van der Waals surface area (Å²) in [5.41, 5.74) is 10.6. The molecule has 1 heterocycles. The van der Waals surface area contributed by atoms with Crippen molar-refractivity contribution in [1.82, 2.24) is 4.98 Å². The fourth-order valence-electron chi connectivity index (χ4n) is 3.91. The minimum Gasteiger partial charge on any atom is -0.179 e. The van der Waals surface area contributed by atoms with Gasteiger partial charge in [0, 0.05) is 6.20 Å². The summed E-state index contributed by atoms with van der Waals surface area (Å²) in [6, 6.07) is 27.6. The number of fused-ring (bicyclic) bond motifs is 6. The van der Waals surface area contributed by atoms with E-state index in [1.54, 1.807) is 0 Å². The number of hydrogen-bond donors (Lipinski definition) is 0. The van der Waals surface area contributed by atoms with Crippen molar-refractivity contribution in [1.29, 1.82) is 0 Å². The SMILES string of the molecule is Brc1c[c-]c2c(c1)Cc1ccncc1-2.[Cl-].[Cl-].[S]=[Zr+2].[c-]1cccc2c1Cc1ccccc1-2. The van der Waals surface area contributed by atoms with Crippen LogP contribution in [0.1, 0.15) is 22.3 Å². The Kier molecular flexibility index (Phi) is 10.4. The van der Waals surface area contributed by atoms with Gasteiger partial charge in [0.15, 0.2) is 0 Å². The van der Waals surface area contributed by atoms with Gasteiger partial charge in [0.05, 0.1) is 0 Å². The molecule has 0 radical (unpaired) electrons. The average Bonchev–Trinajstić information content (AvgIpc) is 3.33. The molecule has 0 spiro atoms. The summed E-state index contributed by atoms with van der Waals surface area (Å²) in [6.07, 6.45) is 5.82. The number of rotatable bonds is 0. The zero-order valence-electron chi connectivity index (χ0n) is 16.3. The van der Waals surface area contributed by atoms with Crippen molar-refractivity contribution in [2.75, 3.05) is 0 Å². The first-order valence-corrected chi connectivity index (χ1v) is 13.4. The maximum atomic E-state index is 4.17. The number of benzene rings is 3. The van der Waals surface area contributed by atoms with Gasteiger partial charge < -0.3 is 24.8 Å². The number of aromatic nitrogens is 1. The van der Waals surface area contributed by atoms with Gasteiger partial charge in [0.2, 0.25) is 0 Å². The van der Waals surface area contributed by atoms with E-state index in [-0.39, 0.29) is 24.8 Å². The summed E-state index contributed by atoms with van der Waals surface area (Å²) in [6.45, 7) is 0. The molecule has 1 nitrogen and oxygen atoms in total. The van der Waals surface area contributed by atoms with Crippen LogP contribution >= 0.6 is 24.8 Å². The monoisotopic (exact) mass is 601 g/mol. The number of pyridine rings is 1. The van der Waals surface area contributed by atoms with E-state index >= 15 is 0 Å². The molecule has 3 aromatic carbocycles. The van der Waals surface area contributed by atoms with E-state index in [0.717, 1.165) is 40.0 Å². The van der Waals surface area contributed by atoms with Gasteiger partial charge in [0.1, 0.15) is 0 Å². The Morgan fingerprint density at radius 1 is 0.839 bits per heavy atom. The van der Waals surface area contributed by atoms with Crippen LogP contribution < -0.4 is 24.8 Å². The van der Waals surface area contributed by atoms with Crippen LogP contribution in [-0.2, 0) is 35.5 Å². The van der Waals surface area contributed by atoms with Gasteiger partial charge in [-0.05, 0) is 25.1 Å². The van der Waals surface area contributed by atoms with Crippen LogP contribution in [0.25, 0.3) is 22.3 Å². The van der Waals surface area contributed by atoms with Crippen molar-refractivity contribution < 1.29 is 47.5 Å². The molecule has 0 saturated heterocycles. The van der Waals surface area contributed by atoms with Crippen molar-refractivity contribution in [3.05, 3.63) is 112 Å². The van der Waals surface area contributed by atoms with Crippen molar-refractivity contribution in [2.45, 2.75) is 12.8 Å². The van der Waals surface area contributed by atoms with E-state index in [2.05, 4.69) is 90.4 Å².